The maximum Gasteiger partial charge on any atom is 0.339 e. The summed E-state index contributed by atoms with van der Waals surface area (Å²) < 4.78 is 11.3. The lowest BCUT2D eigenvalue weighted by molar-refractivity contribution is 0.0691. The molecule has 0 unspecified atom stereocenters. The highest BCUT2D eigenvalue weighted by Crippen LogP contribution is 2.24. The van der Waals surface area contributed by atoms with Gasteiger partial charge in [0.1, 0.15) is 11.3 Å². The van der Waals surface area contributed by atoms with Crippen LogP contribution in [0.3, 0.4) is 0 Å². The molecule has 1 aromatic heterocycles. The number of halogens is 1. The molecule has 0 spiro atoms. The van der Waals surface area contributed by atoms with E-state index in [0.717, 1.165) is 10.9 Å². The van der Waals surface area contributed by atoms with Crippen LogP contribution in [0.25, 0.3) is 0 Å². The van der Waals surface area contributed by atoms with Crippen molar-refractivity contribution in [1.82, 2.24) is 10.1 Å². The molecule has 7 heteroatoms. The molecular formula is C14H15BrN2O4. The van der Waals surface area contributed by atoms with Gasteiger partial charge in [-0.25, -0.2) is 4.79 Å². The highest BCUT2D eigenvalue weighted by atomic mass is 79.9. The first-order valence-corrected chi connectivity index (χ1v) is 7.22. The van der Waals surface area contributed by atoms with E-state index in [1.54, 1.807) is 12.1 Å². The van der Waals surface area contributed by atoms with E-state index in [9.17, 15) is 4.79 Å². The molecule has 0 aliphatic rings. The Hall–Kier alpha value is -1.89. The molecule has 1 N–H and O–H groups in total. The van der Waals surface area contributed by atoms with Gasteiger partial charge in [-0.2, -0.15) is 4.98 Å². The first-order chi connectivity index (χ1) is 9.95. The van der Waals surface area contributed by atoms with Gasteiger partial charge in [-0.1, -0.05) is 34.9 Å². The number of ether oxygens (including phenoxy) is 1. The first-order valence-electron chi connectivity index (χ1n) is 6.43. The van der Waals surface area contributed by atoms with Crippen LogP contribution >= 0.6 is 15.9 Å². The molecule has 0 atom stereocenters. The molecule has 2 aromatic rings. The summed E-state index contributed by atoms with van der Waals surface area (Å²) >= 11 is 3.28. The minimum absolute atomic E-state index is 0.0296. The Kier molecular flexibility index (Phi) is 4.95. The largest absolute Gasteiger partial charge is 0.483 e. The number of aromatic nitrogens is 2. The van der Waals surface area contributed by atoms with Gasteiger partial charge in [0.2, 0.25) is 0 Å². The van der Waals surface area contributed by atoms with Crippen molar-refractivity contribution in [3.63, 3.8) is 0 Å². The summed E-state index contributed by atoms with van der Waals surface area (Å²) in [5.41, 5.74) is 0.0834. The minimum atomic E-state index is -1.05. The number of carboxylic acids is 1. The number of rotatable bonds is 6. The zero-order valence-electron chi connectivity index (χ0n) is 11.7. The molecule has 0 radical (unpaired) electrons. The Morgan fingerprint density at radius 3 is 2.90 bits per heavy atom. The summed E-state index contributed by atoms with van der Waals surface area (Å²) in [6.07, 6.45) is 0.723. The predicted octanol–water partition coefficient (Wildman–Crippen LogP) is 3.31. The average Bonchev–Trinajstić information content (AvgIpc) is 2.82. The van der Waals surface area contributed by atoms with Crippen LogP contribution in [0.4, 0.5) is 0 Å². The zero-order valence-corrected chi connectivity index (χ0v) is 13.3. The van der Waals surface area contributed by atoms with E-state index in [-0.39, 0.29) is 17.9 Å². The molecule has 0 saturated heterocycles. The SMILES string of the molecule is CC(C)Cc1noc(COc2cc(Br)ccc2C(=O)O)n1. The minimum Gasteiger partial charge on any atom is -0.483 e. The molecule has 1 heterocycles. The Balaban J connectivity index is 2.07. The van der Waals surface area contributed by atoms with Crippen LogP contribution < -0.4 is 4.74 Å². The van der Waals surface area contributed by atoms with Gasteiger partial charge in [0.05, 0.1) is 0 Å². The van der Waals surface area contributed by atoms with Crippen LogP contribution in [0.5, 0.6) is 5.75 Å². The van der Waals surface area contributed by atoms with Gasteiger partial charge in [0.15, 0.2) is 12.4 Å². The fourth-order valence-corrected chi connectivity index (χ4v) is 2.07. The third-order valence-electron chi connectivity index (χ3n) is 2.63. The molecule has 1 aromatic carbocycles. The second-order valence-corrected chi connectivity index (χ2v) is 5.85. The number of aromatic carboxylic acids is 1. The Bertz CT molecular complexity index is 640. The summed E-state index contributed by atoms with van der Waals surface area (Å²) in [6.45, 7) is 4.15. The second-order valence-electron chi connectivity index (χ2n) is 4.94. The van der Waals surface area contributed by atoms with Gasteiger partial charge in [-0.05, 0) is 24.1 Å². The lowest BCUT2D eigenvalue weighted by atomic mass is 10.1. The molecule has 0 aliphatic carbocycles. The van der Waals surface area contributed by atoms with E-state index in [0.29, 0.717) is 17.6 Å². The van der Waals surface area contributed by atoms with Crippen molar-refractivity contribution in [2.75, 3.05) is 0 Å². The van der Waals surface area contributed by atoms with E-state index in [1.807, 2.05) is 0 Å². The molecule has 0 fully saturated rings. The molecule has 21 heavy (non-hydrogen) atoms. The Morgan fingerprint density at radius 1 is 1.48 bits per heavy atom. The summed E-state index contributed by atoms with van der Waals surface area (Å²) in [4.78, 5) is 15.3. The smallest absolute Gasteiger partial charge is 0.339 e. The molecule has 0 aliphatic heterocycles. The van der Waals surface area contributed by atoms with Gasteiger partial charge in [0, 0.05) is 10.9 Å². The first kappa shape index (κ1) is 15.5. The van der Waals surface area contributed by atoms with Gasteiger partial charge >= 0.3 is 5.97 Å². The van der Waals surface area contributed by atoms with Gasteiger partial charge in [-0.3, -0.25) is 0 Å². The van der Waals surface area contributed by atoms with Crippen molar-refractivity contribution in [3.8, 4) is 5.75 Å². The highest BCUT2D eigenvalue weighted by Gasteiger charge is 2.14. The van der Waals surface area contributed by atoms with E-state index >= 15 is 0 Å². The standard InChI is InChI=1S/C14H15BrN2O4/c1-8(2)5-12-16-13(21-17-12)7-20-11-6-9(15)3-4-10(11)14(18)19/h3-4,6,8H,5,7H2,1-2H3,(H,18,19). The van der Waals surface area contributed by atoms with Crippen molar-refractivity contribution >= 4 is 21.9 Å². The van der Waals surface area contributed by atoms with Crippen molar-refractivity contribution < 1.29 is 19.2 Å². The highest BCUT2D eigenvalue weighted by molar-refractivity contribution is 9.10. The van der Waals surface area contributed by atoms with Crippen LogP contribution in [-0.4, -0.2) is 21.2 Å². The molecule has 6 nitrogen and oxygen atoms in total. The summed E-state index contributed by atoms with van der Waals surface area (Å²) in [6, 6.07) is 4.71. The third-order valence-corrected chi connectivity index (χ3v) is 3.12. The Labute approximate surface area is 130 Å². The van der Waals surface area contributed by atoms with E-state index in [2.05, 4.69) is 39.9 Å². The number of nitrogens with zero attached hydrogens (tertiary/aromatic N) is 2. The quantitative estimate of drug-likeness (QED) is 0.856. The third kappa shape index (κ3) is 4.29. The van der Waals surface area contributed by atoms with E-state index < -0.39 is 5.97 Å². The normalized spacial score (nSPS) is 10.9. The second kappa shape index (κ2) is 6.71. The summed E-state index contributed by atoms with van der Waals surface area (Å²) in [5.74, 6) is 0.572. The molecule has 112 valence electrons. The molecule has 0 bridgehead atoms. The van der Waals surface area contributed by atoms with Gasteiger partial charge in [0.25, 0.3) is 5.89 Å². The van der Waals surface area contributed by atoms with Crippen LogP contribution in [0.2, 0.25) is 0 Å². The fourth-order valence-electron chi connectivity index (χ4n) is 1.73. The van der Waals surface area contributed by atoms with Crippen molar-refractivity contribution in [3.05, 3.63) is 40.0 Å². The van der Waals surface area contributed by atoms with E-state index in [4.69, 9.17) is 14.4 Å². The summed E-state index contributed by atoms with van der Waals surface area (Å²) in [5, 5.41) is 13.0. The number of benzene rings is 1. The van der Waals surface area contributed by atoms with Crippen LogP contribution in [0.1, 0.15) is 35.9 Å². The lowest BCUT2D eigenvalue weighted by Gasteiger charge is -2.07. The maximum atomic E-state index is 11.1. The van der Waals surface area contributed by atoms with Crippen molar-refractivity contribution in [1.29, 1.82) is 0 Å². The topological polar surface area (TPSA) is 85.5 Å². The van der Waals surface area contributed by atoms with Crippen molar-refractivity contribution in [2.24, 2.45) is 5.92 Å². The Morgan fingerprint density at radius 2 is 2.24 bits per heavy atom. The summed E-state index contributed by atoms with van der Waals surface area (Å²) in [7, 11) is 0. The van der Waals surface area contributed by atoms with Crippen LogP contribution in [0, 0.1) is 5.92 Å². The van der Waals surface area contributed by atoms with Gasteiger partial charge < -0.3 is 14.4 Å². The lowest BCUT2D eigenvalue weighted by Crippen LogP contribution is -2.04. The van der Waals surface area contributed by atoms with Crippen LogP contribution in [-0.2, 0) is 13.0 Å². The van der Waals surface area contributed by atoms with Crippen molar-refractivity contribution in [2.45, 2.75) is 26.9 Å². The van der Waals surface area contributed by atoms with Gasteiger partial charge in [-0.15, -0.1) is 0 Å². The number of hydrogen-bond acceptors (Lipinski definition) is 5. The van der Waals surface area contributed by atoms with Crippen LogP contribution in [0.15, 0.2) is 27.2 Å². The zero-order chi connectivity index (χ0) is 15.4. The van der Waals surface area contributed by atoms with E-state index in [1.165, 1.54) is 6.07 Å². The predicted molar refractivity (Wildman–Crippen MR) is 78.3 cm³/mol. The molecule has 2 rings (SSSR count). The number of carboxylic acid groups (broad SMARTS) is 1. The number of hydrogen-bond donors (Lipinski definition) is 1. The molecule has 0 saturated carbocycles. The maximum absolute atomic E-state index is 11.1. The molecule has 0 amide bonds. The fraction of sp³-hybridized carbons (Fsp3) is 0.357. The monoisotopic (exact) mass is 354 g/mol. The average molecular weight is 355 g/mol. The number of carbonyl (C=O) groups is 1. The molecular weight excluding hydrogens is 340 g/mol.